The molecule has 0 amide bonds. The molecule has 0 radical (unpaired) electrons. The Morgan fingerprint density at radius 2 is 2.15 bits per heavy atom. The van der Waals surface area contributed by atoms with Crippen LogP contribution in [0.2, 0.25) is 0 Å². The number of aromatic nitrogens is 2. The number of thiophene rings is 1. The minimum Gasteiger partial charge on any atom is -0.378 e. The lowest BCUT2D eigenvalue weighted by Crippen LogP contribution is -2.35. The van der Waals surface area contributed by atoms with Gasteiger partial charge in [-0.2, -0.15) is 5.10 Å². The highest BCUT2D eigenvalue weighted by Gasteiger charge is 2.14. The molecule has 3 aromatic rings. The van der Waals surface area contributed by atoms with Gasteiger partial charge in [0.2, 0.25) is 0 Å². The molecule has 1 aromatic carbocycles. The van der Waals surface area contributed by atoms with E-state index in [1.807, 2.05) is 6.20 Å². The summed E-state index contributed by atoms with van der Waals surface area (Å²) in [6, 6.07) is 8.57. The second-order valence-corrected chi connectivity index (χ2v) is 5.82. The zero-order valence-corrected chi connectivity index (χ0v) is 11.8. The van der Waals surface area contributed by atoms with E-state index in [2.05, 4.69) is 44.7 Å². The number of nitrogens with zero attached hydrogens (tertiary/aromatic N) is 2. The van der Waals surface area contributed by atoms with Crippen LogP contribution in [0.3, 0.4) is 0 Å². The Hall–Kier alpha value is -1.85. The zero-order valence-electron chi connectivity index (χ0n) is 11.0. The number of morpholine rings is 1. The van der Waals surface area contributed by atoms with Crippen LogP contribution < -0.4 is 4.90 Å². The van der Waals surface area contributed by atoms with Crippen molar-refractivity contribution < 1.29 is 4.74 Å². The third kappa shape index (κ3) is 1.99. The first-order chi connectivity index (χ1) is 9.92. The number of aromatic amines is 1. The topological polar surface area (TPSA) is 41.1 Å². The van der Waals surface area contributed by atoms with Crippen molar-refractivity contribution in [2.24, 2.45) is 0 Å². The second kappa shape index (κ2) is 4.92. The van der Waals surface area contributed by atoms with E-state index in [1.54, 1.807) is 11.3 Å². The average Bonchev–Trinajstić information content (AvgIpc) is 3.17. The smallest absolute Gasteiger partial charge is 0.0656 e. The van der Waals surface area contributed by atoms with Gasteiger partial charge in [0.25, 0.3) is 0 Å². The summed E-state index contributed by atoms with van der Waals surface area (Å²) in [6.07, 6.45) is 1.90. The van der Waals surface area contributed by atoms with Crippen molar-refractivity contribution in [2.45, 2.75) is 0 Å². The SMILES string of the molecule is c1cc(-c2cc(N3CCOCC3)cs2)c2cn[nH]c2c1. The molecule has 20 heavy (non-hydrogen) atoms. The third-order valence-corrected chi connectivity index (χ3v) is 4.66. The van der Waals surface area contributed by atoms with Crippen molar-refractivity contribution in [1.29, 1.82) is 0 Å². The van der Waals surface area contributed by atoms with Crippen LogP contribution in [-0.4, -0.2) is 36.5 Å². The number of ether oxygens (including phenoxy) is 1. The first-order valence-corrected chi connectivity index (χ1v) is 7.63. The lowest BCUT2D eigenvalue weighted by Gasteiger charge is -2.27. The van der Waals surface area contributed by atoms with Gasteiger partial charge in [0.1, 0.15) is 0 Å². The molecule has 1 aliphatic heterocycles. The highest BCUT2D eigenvalue weighted by Crippen LogP contribution is 2.35. The minimum atomic E-state index is 0.822. The fourth-order valence-electron chi connectivity index (χ4n) is 2.64. The van der Waals surface area contributed by atoms with Crippen LogP contribution in [0.4, 0.5) is 5.69 Å². The maximum absolute atomic E-state index is 5.41. The van der Waals surface area contributed by atoms with E-state index in [1.165, 1.54) is 21.5 Å². The molecule has 2 aromatic heterocycles. The number of hydrogen-bond acceptors (Lipinski definition) is 4. The lowest BCUT2D eigenvalue weighted by molar-refractivity contribution is 0.123. The van der Waals surface area contributed by atoms with Crippen molar-refractivity contribution in [2.75, 3.05) is 31.2 Å². The molecule has 1 saturated heterocycles. The molecule has 0 bridgehead atoms. The highest BCUT2D eigenvalue weighted by atomic mass is 32.1. The van der Waals surface area contributed by atoms with Gasteiger partial charge in [-0.25, -0.2) is 0 Å². The number of nitrogens with one attached hydrogen (secondary N) is 1. The highest BCUT2D eigenvalue weighted by molar-refractivity contribution is 7.14. The van der Waals surface area contributed by atoms with E-state index < -0.39 is 0 Å². The second-order valence-electron chi connectivity index (χ2n) is 4.91. The molecular weight excluding hydrogens is 270 g/mol. The van der Waals surface area contributed by atoms with Crippen LogP contribution in [0.15, 0.2) is 35.8 Å². The van der Waals surface area contributed by atoms with E-state index in [-0.39, 0.29) is 0 Å². The summed E-state index contributed by atoms with van der Waals surface area (Å²) in [5.74, 6) is 0. The van der Waals surface area contributed by atoms with Crippen LogP contribution in [0.1, 0.15) is 0 Å². The molecule has 5 heteroatoms. The number of hydrogen-bond donors (Lipinski definition) is 1. The molecule has 4 rings (SSSR count). The molecule has 102 valence electrons. The molecule has 3 heterocycles. The molecule has 0 spiro atoms. The summed E-state index contributed by atoms with van der Waals surface area (Å²) in [6.45, 7) is 3.60. The Bertz CT molecular complexity index is 727. The van der Waals surface area contributed by atoms with Crippen LogP contribution >= 0.6 is 11.3 Å². The summed E-state index contributed by atoms with van der Waals surface area (Å²) >= 11 is 1.79. The first-order valence-electron chi connectivity index (χ1n) is 6.75. The molecule has 0 aliphatic carbocycles. The van der Waals surface area contributed by atoms with E-state index >= 15 is 0 Å². The Balaban J connectivity index is 1.72. The number of benzene rings is 1. The summed E-state index contributed by atoms with van der Waals surface area (Å²) in [7, 11) is 0. The van der Waals surface area contributed by atoms with Crippen molar-refractivity contribution in [3.63, 3.8) is 0 Å². The van der Waals surface area contributed by atoms with E-state index in [0.717, 1.165) is 31.8 Å². The van der Waals surface area contributed by atoms with Crippen molar-refractivity contribution in [3.8, 4) is 10.4 Å². The number of fused-ring (bicyclic) bond motifs is 1. The predicted molar refractivity (Wildman–Crippen MR) is 82.4 cm³/mol. The fraction of sp³-hybridized carbons (Fsp3) is 0.267. The van der Waals surface area contributed by atoms with Gasteiger partial charge in [-0.15, -0.1) is 11.3 Å². The molecule has 0 unspecified atom stereocenters. The van der Waals surface area contributed by atoms with Gasteiger partial charge in [-0.05, 0) is 12.1 Å². The molecule has 1 fully saturated rings. The van der Waals surface area contributed by atoms with Gasteiger partial charge in [0.15, 0.2) is 0 Å². The standard InChI is InChI=1S/C15H15N3OS/c1-2-12(13-9-16-17-14(13)3-1)15-8-11(10-20-15)18-4-6-19-7-5-18/h1-3,8-10H,4-7H2,(H,16,17). The maximum atomic E-state index is 5.41. The van der Waals surface area contributed by atoms with Crippen LogP contribution in [0, 0.1) is 0 Å². The van der Waals surface area contributed by atoms with E-state index in [0.29, 0.717) is 0 Å². The summed E-state index contributed by atoms with van der Waals surface area (Å²) in [4.78, 5) is 3.68. The third-order valence-electron chi connectivity index (χ3n) is 3.71. The van der Waals surface area contributed by atoms with Gasteiger partial charge >= 0.3 is 0 Å². The molecule has 4 nitrogen and oxygen atoms in total. The quantitative estimate of drug-likeness (QED) is 0.786. The Kier molecular flexibility index (Phi) is 2.94. The van der Waals surface area contributed by atoms with Crippen molar-refractivity contribution in [3.05, 3.63) is 35.8 Å². The predicted octanol–water partition coefficient (Wildman–Crippen LogP) is 3.13. The number of rotatable bonds is 2. The number of H-pyrrole nitrogens is 1. The van der Waals surface area contributed by atoms with Crippen molar-refractivity contribution in [1.82, 2.24) is 10.2 Å². The molecule has 0 atom stereocenters. The largest absolute Gasteiger partial charge is 0.378 e. The van der Waals surface area contributed by atoms with Gasteiger partial charge in [-0.1, -0.05) is 12.1 Å². The monoisotopic (exact) mass is 285 g/mol. The normalized spacial score (nSPS) is 15.9. The summed E-state index contributed by atoms with van der Waals surface area (Å²) in [5.41, 5.74) is 3.64. The van der Waals surface area contributed by atoms with Crippen LogP contribution in [0.5, 0.6) is 0 Å². The molecule has 0 saturated carbocycles. The maximum Gasteiger partial charge on any atom is 0.0656 e. The van der Waals surface area contributed by atoms with Gasteiger partial charge in [-0.3, -0.25) is 5.10 Å². The van der Waals surface area contributed by atoms with E-state index in [4.69, 9.17) is 4.74 Å². The van der Waals surface area contributed by atoms with Crippen molar-refractivity contribution >= 4 is 27.9 Å². The van der Waals surface area contributed by atoms with Gasteiger partial charge in [0, 0.05) is 40.0 Å². The average molecular weight is 285 g/mol. The Labute approximate surface area is 121 Å². The van der Waals surface area contributed by atoms with Gasteiger partial charge < -0.3 is 9.64 Å². The summed E-state index contributed by atoms with van der Waals surface area (Å²) < 4.78 is 5.41. The van der Waals surface area contributed by atoms with Gasteiger partial charge in [0.05, 0.1) is 24.9 Å². The molecule has 1 aliphatic rings. The Morgan fingerprint density at radius 1 is 1.25 bits per heavy atom. The van der Waals surface area contributed by atoms with Crippen LogP contribution in [0.25, 0.3) is 21.3 Å². The number of anilines is 1. The fourth-order valence-corrected chi connectivity index (χ4v) is 3.60. The minimum absolute atomic E-state index is 0.822. The van der Waals surface area contributed by atoms with E-state index in [9.17, 15) is 0 Å². The van der Waals surface area contributed by atoms with Crippen LogP contribution in [-0.2, 0) is 4.74 Å². The lowest BCUT2D eigenvalue weighted by atomic mass is 10.1. The molecule has 1 N–H and O–H groups in total. The summed E-state index contributed by atoms with van der Waals surface area (Å²) in [5, 5.41) is 10.6. The Morgan fingerprint density at radius 3 is 3.05 bits per heavy atom. The zero-order chi connectivity index (χ0) is 13.4. The molecular formula is C15H15N3OS. The first kappa shape index (κ1) is 11.9.